The van der Waals surface area contributed by atoms with Crippen LogP contribution in [0.25, 0.3) is 0 Å². The van der Waals surface area contributed by atoms with Gasteiger partial charge in [-0.15, -0.1) is 11.8 Å². The molecule has 1 aliphatic heterocycles. The van der Waals surface area contributed by atoms with Gasteiger partial charge in [0.05, 0.1) is 10.0 Å². The van der Waals surface area contributed by atoms with E-state index < -0.39 is 0 Å². The summed E-state index contributed by atoms with van der Waals surface area (Å²) in [4.78, 5) is 15.0. The molecule has 2 aromatic carbocycles. The van der Waals surface area contributed by atoms with Crippen molar-refractivity contribution < 1.29 is 4.79 Å². The summed E-state index contributed by atoms with van der Waals surface area (Å²) >= 11 is 14.3. The summed E-state index contributed by atoms with van der Waals surface area (Å²) in [7, 11) is 0. The third-order valence-electron chi connectivity index (χ3n) is 4.76. The Labute approximate surface area is 156 Å². The Morgan fingerprint density at radius 3 is 2.67 bits per heavy atom. The Morgan fingerprint density at radius 1 is 1.08 bits per heavy atom. The average Bonchev–Trinajstić information content (AvgIpc) is 3.27. The van der Waals surface area contributed by atoms with E-state index in [1.807, 2.05) is 35.2 Å². The number of hydrogen-bond acceptors (Lipinski definition) is 2. The van der Waals surface area contributed by atoms with E-state index in [0.717, 1.165) is 24.3 Å². The van der Waals surface area contributed by atoms with E-state index in [2.05, 4.69) is 12.1 Å². The predicted octanol–water partition coefficient (Wildman–Crippen LogP) is 5.37. The van der Waals surface area contributed by atoms with E-state index >= 15 is 0 Å². The standard InChI is InChI=1S/C19H17Cl2NOS/c20-16-8-4-7-13(17(16)21)19-22(9-10-24-19)18(23)15-11-14(15)12-5-2-1-3-6-12/h1-8,14-15,19H,9-11H2. The number of benzene rings is 2. The van der Waals surface area contributed by atoms with E-state index in [4.69, 9.17) is 23.2 Å². The van der Waals surface area contributed by atoms with Gasteiger partial charge in [-0.2, -0.15) is 0 Å². The second-order valence-electron chi connectivity index (χ2n) is 6.26. The minimum Gasteiger partial charge on any atom is -0.325 e. The average molecular weight is 378 g/mol. The van der Waals surface area contributed by atoms with Crippen LogP contribution in [0, 0.1) is 5.92 Å². The molecule has 0 bridgehead atoms. The van der Waals surface area contributed by atoms with Crippen molar-refractivity contribution in [3.05, 3.63) is 69.7 Å². The number of nitrogens with zero attached hydrogens (tertiary/aromatic N) is 1. The summed E-state index contributed by atoms with van der Waals surface area (Å²) in [5.74, 6) is 1.64. The highest BCUT2D eigenvalue weighted by atomic mass is 35.5. The van der Waals surface area contributed by atoms with Crippen LogP contribution >= 0.6 is 35.0 Å². The number of thioether (sulfide) groups is 1. The maximum atomic E-state index is 13.0. The predicted molar refractivity (Wildman–Crippen MR) is 101 cm³/mol. The van der Waals surface area contributed by atoms with Gasteiger partial charge in [-0.05, 0) is 24.0 Å². The minimum atomic E-state index is -0.0271. The number of amides is 1. The van der Waals surface area contributed by atoms with E-state index in [1.54, 1.807) is 17.8 Å². The van der Waals surface area contributed by atoms with Gasteiger partial charge in [-0.25, -0.2) is 0 Å². The molecule has 1 aliphatic carbocycles. The molecule has 2 fully saturated rings. The summed E-state index contributed by atoms with van der Waals surface area (Å²) in [6.07, 6.45) is 0.944. The van der Waals surface area contributed by atoms with Crippen molar-refractivity contribution in [2.45, 2.75) is 17.7 Å². The second-order valence-corrected chi connectivity index (χ2v) is 8.23. The van der Waals surface area contributed by atoms with Crippen molar-refractivity contribution in [1.29, 1.82) is 0 Å². The van der Waals surface area contributed by atoms with Gasteiger partial charge in [0.2, 0.25) is 5.91 Å². The molecule has 124 valence electrons. The Morgan fingerprint density at radius 2 is 1.88 bits per heavy atom. The van der Waals surface area contributed by atoms with Crippen molar-refractivity contribution in [2.24, 2.45) is 5.92 Å². The van der Waals surface area contributed by atoms with Gasteiger partial charge in [0, 0.05) is 23.8 Å². The smallest absolute Gasteiger partial charge is 0.227 e. The van der Waals surface area contributed by atoms with Gasteiger partial charge < -0.3 is 4.90 Å². The molecule has 2 aliphatic rings. The third kappa shape index (κ3) is 2.94. The molecule has 0 radical (unpaired) electrons. The van der Waals surface area contributed by atoms with Crippen molar-refractivity contribution in [3.63, 3.8) is 0 Å². The normalized spacial score (nSPS) is 25.8. The number of halogens is 2. The van der Waals surface area contributed by atoms with Crippen LogP contribution in [0.1, 0.15) is 28.8 Å². The highest BCUT2D eigenvalue weighted by molar-refractivity contribution is 7.99. The minimum absolute atomic E-state index is 0.0271. The zero-order valence-corrected chi connectivity index (χ0v) is 15.3. The first-order valence-corrected chi connectivity index (χ1v) is 9.88. The Balaban J connectivity index is 1.53. The Bertz CT molecular complexity index is 767. The molecule has 3 unspecified atom stereocenters. The second kappa shape index (κ2) is 6.62. The van der Waals surface area contributed by atoms with Gasteiger partial charge in [0.25, 0.3) is 0 Å². The first-order valence-electron chi connectivity index (χ1n) is 8.08. The zero-order chi connectivity index (χ0) is 16.7. The lowest BCUT2D eigenvalue weighted by Crippen LogP contribution is -2.32. The Hall–Kier alpha value is -1.16. The van der Waals surface area contributed by atoms with Gasteiger partial charge in [0.1, 0.15) is 5.37 Å². The summed E-state index contributed by atoms with van der Waals surface area (Å²) in [6.45, 7) is 0.773. The molecule has 4 rings (SSSR count). The molecule has 2 aromatic rings. The van der Waals surface area contributed by atoms with Crippen LogP contribution in [-0.2, 0) is 4.79 Å². The summed E-state index contributed by atoms with van der Waals surface area (Å²) in [5.41, 5.74) is 2.21. The number of rotatable bonds is 3. The maximum Gasteiger partial charge on any atom is 0.227 e. The molecule has 1 saturated heterocycles. The molecule has 0 aromatic heterocycles. The number of carbonyl (C=O) groups excluding carboxylic acids is 1. The Kier molecular flexibility index (Phi) is 4.50. The van der Waals surface area contributed by atoms with Crippen LogP contribution in [0.15, 0.2) is 48.5 Å². The van der Waals surface area contributed by atoms with Crippen LogP contribution in [0.3, 0.4) is 0 Å². The lowest BCUT2D eigenvalue weighted by atomic mass is 10.1. The summed E-state index contributed by atoms with van der Waals surface area (Å²) < 4.78 is 0. The monoisotopic (exact) mass is 377 g/mol. The molecular weight excluding hydrogens is 361 g/mol. The fourth-order valence-corrected chi connectivity index (χ4v) is 5.18. The molecule has 0 N–H and O–H groups in total. The molecule has 1 amide bonds. The van der Waals surface area contributed by atoms with Gasteiger partial charge in [0.15, 0.2) is 0 Å². The first kappa shape index (κ1) is 16.3. The molecule has 1 heterocycles. The lowest BCUT2D eigenvalue weighted by molar-refractivity contribution is -0.132. The largest absolute Gasteiger partial charge is 0.325 e. The van der Waals surface area contributed by atoms with E-state index in [0.29, 0.717) is 16.0 Å². The third-order valence-corrected chi connectivity index (χ3v) is 6.83. The molecule has 3 atom stereocenters. The van der Waals surface area contributed by atoms with Crippen LogP contribution < -0.4 is 0 Å². The van der Waals surface area contributed by atoms with Crippen LogP contribution in [0.5, 0.6) is 0 Å². The van der Waals surface area contributed by atoms with Gasteiger partial charge >= 0.3 is 0 Å². The molecular formula is C19H17Cl2NOS. The van der Waals surface area contributed by atoms with Gasteiger partial charge in [-0.3, -0.25) is 4.79 Å². The molecule has 2 nitrogen and oxygen atoms in total. The topological polar surface area (TPSA) is 20.3 Å². The van der Waals surface area contributed by atoms with Crippen molar-refractivity contribution in [3.8, 4) is 0 Å². The fraction of sp³-hybridized carbons (Fsp3) is 0.316. The maximum absolute atomic E-state index is 13.0. The fourth-order valence-electron chi connectivity index (χ4n) is 3.41. The number of carbonyl (C=O) groups is 1. The first-order chi connectivity index (χ1) is 11.7. The summed E-state index contributed by atoms with van der Waals surface area (Å²) in [6, 6.07) is 16.0. The van der Waals surface area contributed by atoms with Crippen LogP contribution in [-0.4, -0.2) is 23.1 Å². The van der Waals surface area contributed by atoms with Crippen LogP contribution in [0.4, 0.5) is 0 Å². The summed E-state index contributed by atoms with van der Waals surface area (Å²) in [5, 5.41) is 1.08. The zero-order valence-electron chi connectivity index (χ0n) is 13.0. The highest BCUT2D eigenvalue weighted by Crippen LogP contribution is 2.51. The van der Waals surface area contributed by atoms with E-state index in [-0.39, 0.29) is 17.2 Å². The highest BCUT2D eigenvalue weighted by Gasteiger charge is 2.48. The van der Waals surface area contributed by atoms with Crippen molar-refractivity contribution in [2.75, 3.05) is 12.3 Å². The molecule has 24 heavy (non-hydrogen) atoms. The number of hydrogen-bond donors (Lipinski definition) is 0. The SMILES string of the molecule is O=C(C1CC1c1ccccc1)N1CCSC1c1cccc(Cl)c1Cl. The van der Waals surface area contributed by atoms with Crippen molar-refractivity contribution in [1.82, 2.24) is 4.90 Å². The lowest BCUT2D eigenvalue weighted by Gasteiger charge is -2.25. The van der Waals surface area contributed by atoms with Gasteiger partial charge in [-0.1, -0.05) is 65.7 Å². The van der Waals surface area contributed by atoms with Crippen LogP contribution in [0.2, 0.25) is 10.0 Å². The molecule has 1 saturated carbocycles. The van der Waals surface area contributed by atoms with Crippen molar-refractivity contribution >= 4 is 40.9 Å². The van der Waals surface area contributed by atoms with E-state index in [1.165, 1.54) is 5.56 Å². The molecule has 5 heteroatoms. The molecule has 0 spiro atoms. The quantitative estimate of drug-likeness (QED) is 0.716. The van der Waals surface area contributed by atoms with E-state index in [9.17, 15) is 4.79 Å².